The summed E-state index contributed by atoms with van der Waals surface area (Å²) in [5, 5.41) is 4.55. The molecule has 0 saturated heterocycles. The number of aliphatic imine (C=N–C) groups is 1. The molecule has 0 atom stereocenters. The summed E-state index contributed by atoms with van der Waals surface area (Å²) < 4.78 is 14.1. The summed E-state index contributed by atoms with van der Waals surface area (Å²) in [5.41, 5.74) is 7.14. The lowest BCUT2D eigenvalue weighted by Crippen LogP contribution is -2.19. The Morgan fingerprint density at radius 3 is 2.40 bits per heavy atom. The molecule has 1 aliphatic rings. The first-order valence-corrected chi connectivity index (χ1v) is 8.39. The van der Waals surface area contributed by atoms with Crippen LogP contribution in [0.3, 0.4) is 0 Å². The Balaban J connectivity index is 1.87. The number of fused-ring (bicyclic) bond motifs is 1. The predicted octanol–water partition coefficient (Wildman–Crippen LogP) is 4.42. The SMILES string of the molecule is Fc1ccc(C2=Nc3ccc(Br)cc3C(c3ccncc3)=NN2)cc1. The molecule has 4 rings (SSSR count). The van der Waals surface area contributed by atoms with Gasteiger partial charge in [0.05, 0.1) is 5.69 Å². The maximum atomic E-state index is 13.2. The van der Waals surface area contributed by atoms with Crippen LogP contribution in [0.1, 0.15) is 16.7 Å². The van der Waals surface area contributed by atoms with E-state index in [0.717, 1.165) is 32.6 Å². The Morgan fingerprint density at radius 1 is 0.880 bits per heavy atom. The first-order chi connectivity index (χ1) is 12.2. The molecular weight excluding hydrogens is 383 g/mol. The number of hydrogen-bond acceptors (Lipinski definition) is 4. The minimum atomic E-state index is -0.289. The highest BCUT2D eigenvalue weighted by molar-refractivity contribution is 9.10. The lowest BCUT2D eigenvalue weighted by molar-refractivity contribution is 0.627. The number of halogens is 2. The average molecular weight is 395 g/mol. The van der Waals surface area contributed by atoms with Crippen molar-refractivity contribution in [1.82, 2.24) is 10.4 Å². The Labute approximate surface area is 152 Å². The quantitative estimate of drug-likeness (QED) is 0.699. The molecule has 2 heterocycles. The lowest BCUT2D eigenvalue weighted by atomic mass is 10.0. The van der Waals surface area contributed by atoms with Gasteiger partial charge >= 0.3 is 0 Å². The molecule has 0 aliphatic carbocycles. The highest BCUT2D eigenvalue weighted by Crippen LogP contribution is 2.28. The van der Waals surface area contributed by atoms with Crippen LogP contribution in [0.2, 0.25) is 0 Å². The van der Waals surface area contributed by atoms with Crippen LogP contribution in [0.4, 0.5) is 10.1 Å². The fourth-order valence-electron chi connectivity index (χ4n) is 2.58. The zero-order valence-electron chi connectivity index (χ0n) is 12.9. The minimum absolute atomic E-state index is 0.289. The molecule has 25 heavy (non-hydrogen) atoms. The maximum Gasteiger partial charge on any atom is 0.154 e. The van der Waals surface area contributed by atoms with Gasteiger partial charge in [0.1, 0.15) is 11.5 Å². The Hall–Kier alpha value is -2.86. The van der Waals surface area contributed by atoms with Gasteiger partial charge < -0.3 is 0 Å². The number of aromatic nitrogens is 1. The molecule has 2 aromatic carbocycles. The molecule has 0 radical (unpaired) electrons. The summed E-state index contributed by atoms with van der Waals surface area (Å²) in [7, 11) is 0. The van der Waals surface area contributed by atoms with E-state index in [-0.39, 0.29) is 5.82 Å². The fraction of sp³-hybridized carbons (Fsp3) is 0. The molecule has 0 saturated carbocycles. The van der Waals surface area contributed by atoms with Crippen LogP contribution >= 0.6 is 15.9 Å². The third-order valence-corrected chi connectivity index (χ3v) is 4.28. The monoisotopic (exact) mass is 394 g/mol. The van der Waals surface area contributed by atoms with Crippen molar-refractivity contribution in [3.8, 4) is 0 Å². The third-order valence-electron chi connectivity index (χ3n) is 3.79. The van der Waals surface area contributed by atoms with Crippen molar-refractivity contribution >= 4 is 33.2 Å². The molecule has 0 fully saturated rings. The molecule has 1 N–H and O–H groups in total. The topological polar surface area (TPSA) is 49.6 Å². The van der Waals surface area contributed by atoms with Gasteiger partial charge in [0.15, 0.2) is 5.84 Å². The molecule has 1 aliphatic heterocycles. The van der Waals surface area contributed by atoms with E-state index < -0.39 is 0 Å². The number of rotatable bonds is 2. The molecule has 0 spiro atoms. The van der Waals surface area contributed by atoms with Gasteiger partial charge in [0.2, 0.25) is 0 Å². The van der Waals surface area contributed by atoms with Crippen LogP contribution in [0.25, 0.3) is 0 Å². The molecular formula is C19H12BrFN4. The van der Waals surface area contributed by atoms with E-state index in [1.807, 2.05) is 30.3 Å². The minimum Gasteiger partial charge on any atom is -0.265 e. The third kappa shape index (κ3) is 3.21. The lowest BCUT2D eigenvalue weighted by Gasteiger charge is -2.07. The van der Waals surface area contributed by atoms with Crippen LogP contribution in [-0.4, -0.2) is 16.5 Å². The Morgan fingerprint density at radius 2 is 1.64 bits per heavy atom. The summed E-state index contributed by atoms with van der Waals surface area (Å²) >= 11 is 3.51. The fourth-order valence-corrected chi connectivity index (χ4v) is 2.94. The molecule has 6 heteroatoms. The van der Waals surface area contributed by atoms with Gasteiger partial charge in [0, 0.05) is 33.6 Å². The van der Waals surface area contributed by atoms with Crippen LogP contribution in [0, 0.1) is 5.82 Å². The normalized spacial score (nSPS) is 13.2. The second-order valence-electron chi connectivity index (χ2n) is 5.44. The van der Waals surface area contributed by atoms with E-state index >= 15 is 0 Å². The van der Waals surface area contributed by atoms with Gasteiger partial charge in [-0.2, -0.15) is 5.10 Å². The summed E-state index contributed by atoms with van der Waals surface area (Å²) in [6, 6.07) is 15.8. The first-order valence-electron chi connectivity index (χ1n) is 7.59. The summed E-state index contributed by atoms with van der Waals surface area (Å²) in [6.07, 6.45) is 3.45. The van der Waals surface area contributed by atoms with Crippen molar-refractivity contribution < 1.29 is 4.39 Å². The van der Waals surface area contributed by atoms with Gasteiger partial charge in [-0.1, -0.05) is 15.9 Å². The molecule has 3 aromatic rings. The van der Waals surface area contributed by atoms with Gasteiger partial charge in [-0.05, 0) is 54.6 Å². The van der Waals surface area contributed by atoms with Crippen LogP contribution in [0.15, 0.2) is 81.6 Å². The van der Waals surface area contributed by atoms with Crippen molar-refractivity contribution in [1.29, 1.82) is 0 Å². The number of nitrogens with zero attached hydrogens (tertiary/aromatic N) is 3. The zero-order valence-corrected chi connectivity index (χ0v) is 14.5. The van der Waals surface area contributed by atoms with Crippen molar-refractivity contribution in [2.24, 2.45) is 10.1 Å². The summed E-state index contributed by atoms with van der Waals surface area (Å²) in [6.45, 7) is 0. The van der Waals surface area contributed by atoms with Crippen molar-refractivity contribution in [2.75, 3.05) is 0 Å². The molecule has 0 unspecified atom stereocenters. The molecule has 0 bridgehead atoms. The first kappa shape index (κ1) is 15.7. The molecule has 0 amide bonds. The van der Waals surface area contributed by atoms with Gasteiger partial charge in [-0.3, -0.25) is 10.4 Å². The van der Waals surface area contributed by atoms with Crippen LogP contribution < -0.4 is 5.43 Å². The van der Waals surface area contributed by atoms with Crippen LogP contribution in [-0.2, 0) is 0 Å². The Bertz CT molecular complexity index is 982. The predicted molar refractivity (Wildman–Crippen MR) is 99.8 cm³/mol. The second kappa shape index (κ2) is 6.57. The summed E-state index contributed by atoms with van der Waals surface area (Å²) in [5.74, 6) is 0.274. The largest absolute Gasteiger partial charge is 0.265 e. The van der Waals surface area contributed by atoms with E-state index in [1.54, 1.807) is 24.5 Å². The molecule has 4 nitrogen and oxygen atoms in total. The number of hydrogen-bond donors (Lipinski definition) is 1. The smallest absolute Gasteiger partial charge is 0.154 e. The van der Waals surface area contributed by atoms with Crippen LogP contribution in [0.5, 0.6) is 0 Å². The van der Waals surface area contributed by atoms with Crippen molar-refractivity contribution in [3.05, 3.63) is 94.0 Å². The number of nitrogens with one attached hydrogen (secondary N) is 1. The summed E-state index contributed by atoms with van der Waals surface area (Å²) in [4.78, 5) is 8.75. The van der Waals surface area contributed by atoms with E-state index in [1.165, 1.54) is 12.1 Å². The number of hydrazone groups is 1. The highest BCUT2D eigenvalue weighted by atomic mass is 79.9. The second-order valence-corrected chi connectivity index (χ2v) is 6.35. The van der Waals surface area contributed by atoms with Gasteiger partial charge in [-0.15, -0.1) is 0 Å². The number of benzene rings is 2. The number of amidine groups is 1. The maximum absolute atomic E-state index is 13.2. The average Bonchev–Trinajstić information content (AvgIpc) is 2.82. The standard InChI is InChI=1S/C19H12BrFN4/c20-14-3-6-17-16(11-14)18(12-7-9-22-10-8-12)24-25-19(23-17)13-1-4-15(21)5-2-13/h1-11H,(H,23,25). The van der Waals surface area contributed by atoms with Crippen molar-refractivity contribution in [3.63, 3.8) is 0 Å². The molecule has 1 aromatic heterocycles. The molecule has 122 valence electrons. The van der Waals surface area contributed by atoms with Gasteiger partial charge in [-0.25, -0.2) is 9.38 Å². The van der Waals surface area contributed by atoms with E-state index in [0.29, 0.717) is 5.84 Å². The van der Waals surface area contributed by atoms with E-state index in [4.69, 9.17) is 0 Å². The van der Waals surface area contributed by atoms with E-state index in [9.17, 15) is 4.39 Å². The van der Waals surface area contributed by atoms with Crippen molar-refractivity contribution in [2.45, 2.75) is 0 Å². The highest BCUT2D eigenvalue weighted by Gasteiger charge is 2.17. The Kier molecular flexibility index (Phi) is 4.11. The van der Waals surface area contributed by atoms with E-state index in [2.05, 4.69) is 36.4 Å². The van der Waals surface area contributed by atoms with Gasteiger partial charge in [0.25, 0.3) is 0 Å². The number of pyridine rings is 1. The zero-order chi connectivity index (χ0) is 17.2.